The van der Waals surface area contributed by atoms with Crippen LogP contribution >= 0.6 is 0 Å². The van der Waals surface area contributed by atoms with Gasteiger partial charge in [0.1, 0.15) is 11.5 Å². The molecule has 3 rings (SSSR count). The molecule has 1 aliphatic heterocycles. The molecule has 1 amide bonds. The average molecular weight is 370 g/mol. The molecule has 1 atom stereocenters. The molecule has 0 aliphatic carbocycles. The largest absolute Gasteiger partial charge is 0.507 e. The molecule has 0 spiro atoms. The van der Waals surface area contributed by atoms with E-state index in [0.717, 1.165) is 22.3 Å². The van der Waals surface area contributed by atoms with Gasteiger partial charge in [0.2, 0.25) is 0 Å². The molecule has 0 aromatic heterocycles. The van der Waals surface area contributed by atoms with Crippen LogP contribution in [0.2, 0.25) is 0 Å². The molecule has 7 nitrogen and oxygen atoms in total. The molecule has 1 heterocycles. The highest BCUT2D eigenvalue weighted by Crippen LogP contribution is 2.43. The van der Waals surface area contributed by atoms with Crippen LogP contribution in [0.1, 0.15) is 35.6 Å². The van der Waals surface area contributed by atoms with Crippen LogP contribution < -0.4 is 10.1 Å². The van der Waals surface area contributed by atoms with Crippen LogP contribution in [0.5, 0.6) is 11.5 Å². The summed E-state index contributed by atoms with van der Waals surface area (Å²) in [5, 5.41) is 23.9. The first-order chi connectivity index (χ1) is 12.6. The summed E-state index contributed by atoms with van der Waals surface area (Å²) in [5.41, 5.74) is 2.37. The number of benzene rings is 2. The van der Waals surface area contributed by atoms with E-state index in [9.17, 15) is 20.0 Å². The molecule has 2 aromatic carbocycles. The van der Waals surface area contributed by atoms with Gasteiger partial charge in [-0.15, -0.1) is 0 Å². The van der Waals surface area contributed by atoms with E-state index >= 15 is 0 Å². The number of nitro benzene ring substituents is 1. The number of hydrogen-bond acceptors (Lipinski definition) is 5. The second-order valence-electron chi connectivity index (χ2n) is 7.13. The van der Waals surface area contributed by atoms with Crippen LogP contribution in [0.25, 0.3) is 0 Å². The van der Waals surface area contributed by atoms with Crippen molar-refractivity contribution in [3.8, 4) is 11.5 Å². The molecule has 0 bridgehead atoms. The Morgan fingerprint density at radius 2 is 1.96 bits per heavy atom. The smallest absolute Gasteiger partial charge is 0.271 e. The molecule has 27 heavy (non-hydrogen) atoms. The summed E-state index contributed by atoms with van der Waals surface area (Å²) in [4.78, 5) is 23.3. The predicted molar refractivity (Wildman–Crippen MR) is 101 cm³/mol. The average Bonchev–Trinajstić information content (AvgIpc) is 2.64. The zero-order chi connectivity index (χ0) is 19.9. The zero-order valence-electron chi connectivity index (χ0n) is 15.8. The maximum absolute atomic E-state index is 12.9. The molecule has 1 aliphatic rings. The number of nitrogens with zero attached hydrogens (tertiary/aromatic N) is 1. The lowest BCUT2D eigenvalue weighted by molar-refractivity contribution is -0.384. The van der Waals surface area contributed by atoms with Gasteiger partial charge in [-0.25, -0.2) is 0 Å². The number of amides is 1. The number of hydrogen-bond donors (Lipinski definition) is 2. The van der Waals surface area contributed by atoms with Crippen LogP contribution in [-0.4, -0.2) is 21.5 Å². The van der Waals surface area contributed by atoms with E-state index in [1.54, 1.807) is 13.0 Å². The Balaban J connectivity index is 1.89. The maximum atomic E-state index is 12.9. The molecule has 1 unspecified atom stereocenters. The molecule has 0 fully saturated rings. The quantitative estimate of drug-likeness (QED) is 0.629. The fraction of sp³-hybridized carbons (Fsp3) is 0.350. The number of anilines is 1. The van der Waals surface area contributed by atoms with Gasteiger partial charge in [-0.3, -0.25) is 14.9 Å². The number of aromatic hydroxyl groups is 1. The predicted octanol–water partition coefficient (Wildman–Crippen LogP) is 3.95. The number of carbonyl (C=O) groups is 1. The minimum Gasteiger partial charge on any atom is -0.507 e. The van der Waals surface area contributed by atoms with Crippen LogP contribution in [-0.2, 0) is 11.2 Å². The first-order valence-corrected chi connectivity index (χ1v) is 8.70. The first-order valence-electron chi connectivity index (χ1n) is 8.70. The van der Waals surface area contributed by atoms with Crippen molar-refractivity contribution in [1.29, 1.82) is 0 Å². The molecule has 142 valence electrons. The molecular formula is C20H22N2O5. The van der Waals surface area contributed by atoms with Crippen LogP contribution in [0, 0.1) is 30.9 Å². The Morgan fingerprint density at radius 3 is 2.63 bits per heavy atom. The van der Waals surface area contributed by atoms with Crippen molar-refractivity contribution in [2.24, 2.45) is 0 Å². The lowest BCUT2D eigenvalue weighted by Gasteiger charge is -2.36. The number of fused-ring (bicyclic) bond motifs is 1. The van der Waals surface area contributed by atoms with E-state index in [1.807, 2.05) is 20.8 Å². The lowest BCUT2D eigenvalue weighted by Crippen LogP contribution is -2.48. The lowest BCUT2D eigenvalue weighted by atomic mass is 9.86. The summed E-state index contributed by atoms with van der Waals surface area (Å²) in [5.74, 6) is 0.529. The van der Waals surface area contributed by atoms with Crippen molar-refractivity contribution in [3.05, 3.63) is 56.6 Å². The highest BCUT2D eigenvalue weighted by Gasteiger charge is 2.41. The van der Waals surface area contributed by atoms with Gasteiger partial charge >= 0.3 is 0 Å². The van der Waals surface area contributed by atoms with E-state index in [0.29, 0.717) is 24.3 Å². The summed E-state index contributed by atoms with van der Waals surface area (Å²) in [7, 11) is 0. The van der Waals surface area contributed by atoms with Gasteiger partial charge in [0, 0.05) is 29.8 Å². The van der Waals surface area contributed by atoms with Crippen LogP contribution in [0.4, 0.5) is 11.4 Å². The monoisotopic (exact) mass is 370 g/mol. The second-order valence-corrected chi connectivity index (χ2v) is 7.13. The van der Waals surface area contributed by atoms with Gasteiger partial charge in [-0.05, 0) is 56.9 Å². The minimum absolute atomic E-state index is 0.0922. The SMILES string of the molecule is Cc1c(C)c2c(c(C)c1O)CCC(C)(C(=O)Nc1cccc([N+](=O)[O-])c1)O2. The Hall–Kier alpha value is -3.09. The van der Waals surface area contributed by atoms with Gasteiger partial charge in [-0.2, -0.15) is 0 Å². The first kappa shape index (κ1) is 18.7. The normalized spacial score (nSPS) is 18.4. The number of non-ortho nitro benzene ring substituents is 1. The molecule has 2 aromatic rings. The molecule has 0 saturated heterocycles. The van der Waals surface area contributed by atoms with E-state index in [1.165, 1.54) is 18.2 Å². The number of phenols is 1. The van der Waals surface area contributed by atoms with Crippen LogP contribution in [0.15, 0.2) is 24.3 Å². The molecular weight excluding hydrogens is 348 g/mol. The maximum Gasteiger partial charge on any atom is 0.271 e. The van der Waals surface area contributed by atoms with Crippen molar-refractivity contribution in [1.82, 2.24) is 0 Å². The third kappa shape index (κ3) is 3.20. The van der Waals surface area contributed by atoms with Crippen LogP contribution in [0.3, 0.4) is 0 Å². The zero-order valence-corrected chi connectivity index (χ0v) is 15.8. The van der Waals surface area contributed by atoms with E-state index in [2.05, 4.69) is 5.32 Å². The molecule has 2 N–H and O–H groups in total. The third-order valence-corrected chi connectivity index (χ3v) is 5.31. The Labute approximate surface area is 157 Å². The van der Waals surface area contributed by atoms with E-state index < -0.39 is 10.5 Å². The highest BCUT2D eigenvalue weighted by molar-refractivity contribution is 5.97. The number of ether oxygens (including phenoxy) is 1. The van der Waals surface area contributed by atoms with Gasteiger partial charge in [0.05, 0.1) is 4.92 Å². The topological polar surface area (TPSA) is 102 Å². The summed E-state index contributed by atoms with van der Waals surface area (Å²) in [6, 6.07) is 5.80. The number of rotatable bonds is 3. The van der Waals surface area contributed by atoms with Gasteiger partial charge < -0.3 is 15.2 Å². The molecule has 0 saturated carbocycles. The van der Waals surface area contributed by atoms with Gasteiger partial charge in [0.15, 0.2) is 5.60 Å². The van der Waals surface area contributed by atoms with Crippen molar-refractivity contribution < 1.29 is 19.6 Å². The number of nitrogens with one attached hydrogen (secondary N) is 1. The minimum atomic E-state index is -1.11. The van der Waals surface area contributed by atoms with Crippen molar-refractivity contribution >= 4 is 17.3 Å². The summed E-state index contributed by atoms with van der Waals surface area (Å²) in [6.07, 6.45) is 1.03. The second kappa shape index (κ2) is 6.57. The Kier molecular flexibility index (Phi) is 4.55. The van der Waals surface area contributed by atoms with Crippen molar-refractivity contribution in [2.45, 2.75) is 46.1 Å². The number of phenolic OH excluding ortho intramolecular Hbond substituents is 1. The molecule has 7 heteroatoms. The van der Waals surface area contributed by atoms with Gasteiger partial charge in [-0.1, -0.05) is 6.07 Å². The Morgan fingerprint density at radius 1 is 1.26 bits per heavy atom. The summed E-state index contributed by atoms with van der Waals surface area (Å²) >= 11 is 0. The number of nitro groups is 1. The fourth-order valence-corrected chi connectivity index (χ4v) is 3.37. The standard InChI is InChI=1S/C20H22N2O5/c1-11-12(2)18-16(13(3)17(11)23)8-9-20(4,27-18)19(24)21-14-6-5-7-15(10-14)22(25)26/h5-7,10,23H,8-9H2,1-4H3,(H,21,24). The van der Waals surface area contributed by atoms with Crippen molar-refractivity contribution in [2.75, 3.05) is 5.32 Å². The summed E-state index contributed by atoms with van der Waals surface area (Å²) in [6.45, 7) is 7.23. The fourth-order valence-electron chi connectivity index (χ4n) is 3.37. The third-order valence-electron chi connectivity index (χ3n) is 5.31. The summed E-state index contributed by atoms with van der Waals surface area (Å²) < 4.78 is 6.12. The highest BCUT2D eigenvalue weighted by atomic mass is 16.6. The Bertz CT molecular complexity index is 954. The van der Waals surface area contributed by atoms with E-state index in [4.69, 9.17) is 4.74 Å². The number of carbonyl (C=O) groups excluding carboxylic acids is 1. The van der Waals surface area contributed by atoms with Crippen molar-refractivity contribution in [3.63, 3.8) is 0 Å². The van der Waals surface area contributed by atoms with Gasteiger partial charge in [0.25, 0.3) is 11.6 Å². The van der Waals surface area contributed by atoms with E-state index in [-0.39, 0.29) is 17.3 Å². The molecule has 0 radical (unpaired) electrons.